The van der Waals surface area contributed by atoms with Gasteiger partial charge in [0.05, 0.1) is 11.1 Å². The van der Waals surface area contributed by atoms with Crippen LogP contribution < -0.4 is 4.90 Å². The number of fused-ring (bicyclic) bond motifs is 1. The van der Waals surface area contributed by atoms with Gasteiger partial charge < -0.3 is 9.88 Å². The van der Waals surface area contributed by atoms with Crippen molar-refractivity contribution in [3.63, 3.8) is 0 Å². The lowest BCUT2D eigenvalue weighted by atomic mass is 9.86. The lowest BCUT2D eigenvalue weighted by molar-refractivity contribution is 0.337. The lowest BCUT2D eigenvalue weighted by Crippen LogP contribution is -2.38. The molecular weight excluding hydrogens is 326 g/mol. The average Bonchev–Trinajstić information content (AvgIpc) is 3.03. The van der Waals surface area contributed by atoms with Gasteiger partial charge in [-0.1, -0.05) is 0 Å². The van der Waals surface area contributed by atoms with E-state index in [1.165, 1.54) is 4.31 Å². The fraction of sp³-hybridized carbons (Fsp3) is 0.625. The number of sulfonamides is 1. The first kappa shape index (κ1) is 17.2. The molecule has 132 valence electrons. The van der Waals surface area contributed by atoms with E-state index in [1.807, 2.05) is 12.3 Å². The maximum Gasteiger partial charge on any atom is 0.213 e. The molecule has 0 spiro atoms. The Labute approximate surface area is 143 Å². The van der Waals surface area contributed by atoms with Gasteiger partial charge in [-0.15, -0.1) is 0 Å². The summed E-state index contributed by atoms with van der Waals surface area (Å²) >= 11 is 0. The second-order valence-electron chi connectivity index (χ2n) is 6.78. The topological polar surface area (TPSA) is 82.2 Å². The van der Waals surface area contributed by atoms with Crippen LogP contribution in [0, 0.1) is 5.92 Å². The highest BCUT2D eigenvalue weighted by atomic mass is 32.2. The van der Waals surface area contributed by atoms with Gasteiger partial charge in [-0.25, -0.2) is 22.7 Å². The van der Waals surface area contributed by atoms with Gasteiger partial charge >= 0.3 is 0 Å². The third-order valence-electron chi connectivity index (χ3n) is 5.03. The molecule has 1 aliphatic carbocycles. The number of anilines is 1. The lowest BCUT2D eigenvalue weighted by Gasteiger charge is -2.35. The normalized spacial score (nSPS) is 22.2. The summed E-state index contributed by atoms with van der Waals surface area (Å²) < 4.78 is 25.4. The quantitative estimate of drug-likeness (QED) is 0.889. The Bertz CT molecular complexity index is 794. The molecule has 1 N–H and O–H groups in total. The molecule has 24 heavy (non-hydrogen) atoms. The van der Waals surface area contributed by atoms with Crippen LogP contribution >= 0.6 is 0 Å². The van der Waals surface area contributed by atoms with E-state index >= 15 is 0 Å². The minimum absolute atomic E-state index is 0.250. The maximum absolute atomic E-state index is 12.0. The molecule has 0 unspecified atom stereocenters. The molecule has 0 aromatic carbocycles. The molecular formula is C16H25N5O2S. The Morgan fingerprint density at radius 2 is 1.88 bits per heavy atom. The highest BCUT2D eigenvalue weighted by Crippen LogP contribution is 2.32. The molecule has 0 radical (unpaired) electrons. The largest absolute Gasteiger partial charge is 0.356 e. The Balaban J connectivity index is 1.65. The maximum atomic E-state index is 12.0. The second-order valence-corrected chi connectivity index (χ2v) is 9.01. The monoisotopic (exact) mass is 351 g/mol. The predicted molar refractivity (Wildman–Crippen MR) is 95.5 cm³/mol. The van der Waals surface area contributed by atoms with Crippen molar-refractivity contribution in [2.24, 2.45) is 5.92 Å². The average molecular weight is 351 g/mol. The van der Waals surface area contributed by atoms with E-state index in [9.17, 15) is 8.42 Å². The highest BCUT2D eigenvalue weighted by molar-refractivity contribution is 7.89. The summed E-state index contributed by atoms with van der Waals surface area (Å²) in [5, 5.41) is 1.03. The minimum atomic E-state index is -3.11. The van der Waals surface area contributed by atoms with E-state index in [4.69, 9.17) is 0 Å². The highest BCUT2D eigenvalue weighted by Gasteiger charge is 2.29. The first-order valence-electron chi connectivity index (χ1n) is 8.29. The molecule has 1 fully saturated rings. The van der Waals surface area contributed by atoms with Crippen molar-refractivity contribution >= 4 is 26.9 Å². The Kier molecular flexibility index (Phi) is 4.78. The second kappa shape index (κ2) is 6.68. The van der Waals surface area contributed by atoms with Crippen LogP contribution in [0.5, 0.6) is 0 Å². The van der Waals surface area contributed by atoms with Gasteiger partial charge in [-0.2, -0.15) is 0 Å². The van der Waals surface area contributed by atoms with E-state index < -0.39 is 10.0 Å². The van der Waals surface area contributed by atoms with Crippen molar-refractivity contribution < 1.29 is 8.42 Å². The number of aromatic amines is 1. The molecule has 0 aliphatic heterocycles. The van der Waals surface area contributed by atoms with E-state index in [2.05, 4.69) is 26.9 Å². The van der Waals surface area contributed by atoms with Crippen molar-refractivity contribution in [3.05, 3.63) is 18.6 Å². The smallest absolute Gasteiger partial charge is 0.213 e. The molecule has 3 rings (SSSR count). The Morgan fingerprint density at radius 1 is 1.17 bits per heavy atom. The van der Waals surface area contributed by atoms with Crippen LogP contribution in [0.2, 0.25) is 0 Å². The Morgan fingerprint density at radius 3 is 2.54 bits per heavy atom. The standard InChI is InChI=1S/C16H25N5O2S/c1-20(2)24(22,23)10-12-4-6-13(7-5-12)21(3)16-14-8-9-17-15(14)18-11-19-16/h8-9,11-13H,4-7,10H2,1-3H3,(H,17,18,19)/t12-,13-. The zero-order chi connectivity index (χ0) is 17.3. The van der Waals surface area contributed by atoms with Gasteiger partial charge in [0.2, 0.25) is 10.0 Å². The van der Waals surface area contributed by atoms with Gasteiger partial charge in [0.25, 0.3) is 0 Å². The third-order valence-corrected chi connectivity index (χ3v) is 7.04. The number of hydrogen-bond acceptors (Lipinski definition) is 5. The first-order chi connectivity index (χ1) is 11.4. The third kappa shape index (κ3) is 3.39. The van der Waals surface area contributed by atoms with Crippen molar-refractivity contribution in [1.82, 2.24) is 19.3 Å². The molecule has 2 heterocycles. The Hall–Kier alpha value is -1.67. The number of H-pyrrole nitrogens is 1. The summed E-state index contributed by atoms with van der Waals surface area (Å²) in [6.45, 7) is 0. The molecule has 0 atom stereocenters. The number of nitrogens with one attached hydrogen (secondary N) is 1. The summed E-state index contributed by atoms with van der Waals surface area (Å²) in [5.41, 5.74) is 0.845. The summed E-state index contributed by atoms with van der Waals surface area (Å²) in [6, 6.07) is 2.38. The van der Waals surface area contributed by atoms with Crippen molar-refractivity contribution in [1.29, 1.82) is 0 Å². The van der Waals surface area contributed by atoms with Crippen molar-refractivity contribution in [2.45, 2.75) is 31.7 Å². The van der Waals surface area contributed by atoms with Gasteiger partial charge in [0.1, 0.15) is 17.8 Å². The van der Waals surface area contributed by atoms with E-state index in [-0.39, 0.29) is 11.7 Å². The van der Waals surface area contributed by atoms with Crippen molar-refractivity contribution in [3.8, 4) is 0 Å². The van der Waals surface area contributed by atoms with Gasteiger partial charge in [0.15, 0.2) is 0 Å². The molecule has 2 aromatic rings. The number of hydrogen-bond donors (Lipinski definition) is 1. The molecule has 0 saturated heterocycles. The summed E-state index contributed by atoms with van der Waals surface area (Å²) in [5.74, 6) is 1.44. The summed E-state index contributed by atoms with van der Waals surface area (Å²) in [4.78, 5) is 14.0. The first-order valence-corrected chi connectivity index (χ1v) is 9.90. The van der Waals surface area contributed by atoms with Crippen LogP contribution in [-0.2, 0) is 10.0 Å². The van der Waals surface area contributed by atoms with Gasteiger partial charge in [-0.05, 0) is 37.7 Å². The SMILES string of the molecule is CN(C)S(=O)(=O)C[C@H]1CC[C@H](N(C)c2ncnc3[nH]ccc23)CC1. The zero-order valence-electron chi connectivity index (χ0n) is 14.4. The minimum Gasteiger partial charge on any atom is -0.356 e. The van der Waals surface area contributed by atoms with E-state index in [0.29, 0.717) is 6.04 Å². The van der Waals surface area contributed by atoms with Crippen LogP contribution in [0.4, 0.5) is 5.82 Å². The molecule has 7 nitrogen and oxygen atoms in total. The molecule has 1 aliphatic rings. The van der Waals surface area contributed by atoms with E-state index in [1.54, 1.807) is 20.4 Å². The van der Waals surface area contributed by atoms with Gasteiger partial charge in [0, 0.05) is 33.4 Å². The van der Waals surface area contributed by atoms with E-state index in [0.717, 1.165) is 42.5 Å². The van der Waals surface area contributed by atoms with Crippen molar-refractivity contribution in [2.75, 3.05) is 31.8 Å². The number of rotatable bonds is 5. The number of nitrogens with zero attached hydrogens (tertiary/aromatic N) is 4. The predicted octanol–water partition coefficient (Wildman–Crippen LogP) is 1.84. The summed E-state index contributed by atoms with van der Waals surface area (Å²) in [6.07, 6.45) is 7.30. The van der Waals surface area contributed by atoms with Crippen LogP contribution in [0.1, 0.15) is 25.7 Å². The van der Waals surface area contributed by atoms with Crippen LogP contribution in [0.25, 0.3) is 11.0 Å². The zero-order valence-corrected chi connectivity index (χ0v) is 15.3. The fourth-order valence-corrected chi connectivity index (χ4v) is 4.69. The van der Waals surface area contributed by atoms with Crippen LogP contribution in [0.3, 0.4) is 0 Å². The molecule has 2 aromatic heterocycles. The van der Waals surface area contributed by atoms with Gasteiger partial charge in [-0.3, -0.25) is 0 Å². The number of aromatic nitrogens is 3. The van der Waals surface area contributed by atoms with Crippen LogP contribution in [-0.4, -0.2) is 60.6 Å². The fourth-order valence-electron chi connectivity index (χ4n) is 3.46. The molecule has 8 heteroatoms. The summed E-state index contributed by atoms with van der Waals surface area (Å²) in [7, 11) is 2.16. The van der Waals surface area contributed by atoms with Crippen LogP contribution in [0.15, 0.2) is 18.6 Å². The molecule has 0 amide bonds. The molecule has 1 saturated carbocycles. The molecule has 0 bridgehead atoms.